The first-order valence-corrected chi connectivity index (χ1v) is 8.00. The van der Waals surface area contributed by atoms with Crippen molar-refractivity contribution in [3.05, 3.63) is 73.3 Å². The Balaban J connectivity index is 1.54. The van der Waals surface area contributed by atoms with E-state index in [0.29, 0.717) is 0 Å². The predicted molar refractivity (Wildman–Crippen MR) is 98.0 cm³/mol. The average molecular weight is 336 g/mol. The molecular formula is C18H20N6O. The molecule has 0 radical (unpaired) electrons. The third kappa shape index (κ3) is 3.10. The Morgan fingerprint density at radius 3 is 1.60 bits per heavy atom. The van der Waals surface area contributed by atoms with Gasteiger partial charge in [-0.3, -0.25) is 10.0 Å². The maximum Gasteiger partial charge on any atom is 0.129 e. The van der Waals surface area contributed by atoms with Gasteiger partial charge in [-0.05, 0) is 24.3 Å². The summed E-state index contributed by atoms with van der Waals surface area (Å²) in [6.45, 7) is 0. The first kappa shape index (κ1) is 15.4. The summed E-state index contributed by atoms with van der Waals surface area (Å²) in [5.41, 5.74) is 8.23. The fourth-order valence-electron chi connectivity index (χ4n) is 2.78. The summed E-state index contributed by atoms with van der Waals surface area (Å²) >= 11 is 0. The van der Waals surface area contributed by atoms with Gasteiger partial charge in [0.25, 0.3) is 0 Å². The second kappa shape index (κ2) is 6.39. The normalized spacial score (nSPS) is 17.0. The van der Waals surface area contributed by atoms with Gasteiger partial charge in [0, 0.05) is 51.0 Å². The lowest BCUT2D eigenvalue weighted by Crippen LogP contribution is -2.37. The summed E-state index contributed by atoms with van der Waals surface area (Å²) in [6, 6.07) is 15.9. The number of nitrogens with zero attached hydrogens (tertiary/aromatic N) is 4. The highest BCUT2D eigenvalue weighted by Crippen LogP contribution is 2.30. The number of hydrazine groups is 4. The molecule has 0 amide bonds. The highest BCUT2D eigenvalue weighted by molar-refractivity contribution is 5.55. The summed E-state index contributed by atoms with van der Waals surface area (Å²) in [4.78, 5) is 0. The van der Waals surface area contributed by atoms with Gasteiger partial charge in [0.2, 0.25) is 0 Å². The zero-order valence-electron chi connectivity index (χ0n) is 14.1. The van der Waals surface area contributed by atoms with Crippen LogP contribution in [0, 0.1) is 0 Å². The van der Waals surface area contributed by atoms with E-state index in [1.807, 2.05) is 108 Å². The van der Waals surface area contributed by atoms with Crippen LogP contribution in [0.25, 0.3) is 0 Å². The van der Waals surface area contributed by atoms with Gasteiger partial charge in [0.1, 0.15) is 11.5 Å². The Hall–Kier alpha value is -3.16. The number of nitrogens with one attached hydrogen (secondary N) is 2. The summed E-state index contributed by atoms with van der Waals surface area (Å²) in [5, 5.41) is 7.78. The van der Waals surface area contributed by atoms with Gasteiger partial charge in [-0.15, -0.1) is 10.2 Å². The van der Waals surface area contributed by atoms with Gasteiger partial charge in [0.15, 0.2) is 0 Å². The van der Waals surface area contributed by atoms with E-state index < -0.39 is 0 Å². The van der Waals surface area contributed by atoms with E-state index >= 15 is 0 Å². The lowest BCUT2D eigenvalue weighted by molar-refractivity contribution is 0.301. The monoisotopic (exact) mass is 336 g/mol. The van der Waals surface area contributed by atoms with Gasteiger partial charge in [0.05, 0.1) is 11.4 Å². The number of ether oxygens (including phenoxy) is 1. The topological polar surface area (TPSA) is 46.2 Å². The first-order valence-electron chi connectivity index (χ1n) is 8.00. The molecule has 2 aliphatic rings. The predicted octanol–water partition coefficient (Wildman–Crippen LogP) is 2.76. The molecule has 25 heavy (non-hydrogen) atoms. The number of anilines is 2. The molecule has 2 N–H and O–H groups in total. The molecule has 4 rings (SSSR count). The molecule has 0 atom stereocenters. The van der Waals surface area contributed by atoms with Crippen LogP contribution in [0.4, 0.5) is 11.4 Å². The van der Waals surface area contributed by atoms with Crippen LogP contribution in [0.2, 0.25) is 0 Å². The Bertz CT molecular complexity index is 753. The van der Waals surface area contributed by atoms with E-state index in [0.717, 1.165) is 22.9 Å². The van der Waals surface area contributed by atoms with Crippen molar-refractivity contribution in [2.75, 3.05) is 24.1 Å². The van der Waals surface area contributed by atoms with Crippen molar-refractivity contribution in [3.63, 3.8) is 0 Å². The van der Waals surface area contributed by atoms with Gasteiger partial charge in [-0.2, -0.15) is 0 Å². The van der Waals surface area contributed by atoms with E-state index in [1.54, 1.807) is 0 Å². The van der Waals surface area contributed by atoms with Crippen molar-refractivity contribution in [1.82, 2.24) is 21.1 Å². The zero-order valence-corrected chi connectivity index (χ0v) is 14.1. The van der Waals surface area contributed by atoms with Crippen LogP contribution >= 0.6 is 0 Å². The molecule has 0 fully saturated rings. The number of benzene rings is 2. The highest BCUT2D eigenvalue weighted by atomic mass is 16.5. The summed E-state index contributed by atoms with van der Waals surface area (Å²) < 4.78 is 6.07. The molecular weight excluding hydrogens is 316 g/mol. The van der Waals surface area contributed by atoms with E-state index in [4.69, 9.17) is 4.74 Å². The van der Waals surface area contributed by atoms with Crippen molar-refractivity contribution in [1.29, 1.82) is 0 Å². The minimum Gasteiger partial charge on any atom is -0.457 e. The van der Waals surface area contributed by atoms with E-state index in [1.165, 1.54) is 0 Å². The van der Waals surface area contributed by atoms with E-state index in [-0.39, 0.29) is 0 Å². The smallest absolute Gasteiger partial charge is 0.129 e. The molecule has 0 saturated carbocycles. The van der Waals surface area contributed by atoms with Crippen molar-refractivity contribution >= 4 is 11.4 Å². The quantitative estimate of drug-likeness (QED) is 0.890. The third-order valence-electron chi connectivity index (χ3n) is 4.00. The van der Waals surface area contributed by atoms with Gasteiger partial charge in [-0.25, -0.2) is 0 Å². The van der Waals surface area contributed by atoms with Crippen LogP contribution < -0.4 is 25.6 Å². The lowest BCUT2D eigenvalue weighted by atomic mass is 10.2. The maximum absolute atomic E-state index is 6.07. The Morgan fingerprint density at radius 2 is 1.20 bits per heavy atom. The maximum atomic E-state index is 6.07. The molecule has 2 heterocycles. The molecule has 0 spiro atoms. The summed E-state index contributed by atoms with van der Waals surface area (Å²) in [6.07, 6.45) is 7.68. The van der Waals surface area contributed by atoms with Gasteiger partial charge >= 0.3 is 0 Å². The molecule has 2 aliphatic heterocycles. The summed E-state index contributed by atoms with van der Waals surface area (Å²) in [5.74, 6) is 1.57. The van der Waals surface area contributed by atoms with Crippen LogP contribution in [0.3, 0.4) is 0 Å². The standard InChI is InChI=1S/C18H20N6O/c1-21-19-9-11-23(21)15-5-3-7-17(13-15)25-18-8-4-6-16(14-18)24-12-10-20-22(24)2/h3-14,19-20H,1-2H3. The molecule has 0 aliphatic carbocycles. The zero-order chi connectivity index (χ0) is 17.2. The van der Waals surface area contributed by atoms with E-state index in [2.05, 4.69) is 10.9 Å². The molecule has 2 aromatic rings. The number of hydrogen-bond donors (Lipinski definition) is 2. The molecule has 0 saturated heterocycles. The molecule has 7 heteroatoms. The van der Waals surface area contributed by atoms with E-state index in [9.17, 15) is 0 Å². The fourth-order valence-corrected chi connectivity index (χ4v) is 2.78. The number of hydrogen-bond acceptors (Lipinski definition) is 7. The molecule has 2 aromatic carbocycles. The second-order valence-corrected chi connectivity index (χ2v) is 5.72. The van der Waals surface area contributed by atoms with Crippen molar-refractivity contribution in [3.8, 4) is 11.5 Å². The lowest BCUT2D eigenvalue weighted by Gasteiger charge is -2.25. The Labute approximate surface area is 146 Å². The molecule has 0 bridgehead atoms. The van der Waals surface area contributed by atoms with Gasteiger partial charge < -0.3 is 15.6 Å². The Kier molecular flexibility index (Phi) is 3.93. The summed E-state index contributed by atoms with van der Waals surface area (Å²) in [7, 11) is 3.90. The second-order valence-electron chi connectivity index (χ2n) is 5.72. The molecule has 7 nitrogen and oxygen atoms in total. The van der Waals surface area contributed by atoms with Gasteiger partial charge in [-0.1, -0.05) is 12.1 Å². The molecule has 0 aromatic heterocycles. The third-order valence-corrected chi connectivity index (χ3v) is 4.00. The van der Waals surface area contributed by atoms with Crippen molar-refractivity contribution in [2.24, 2.45) is 0 Å². The van der Waals surface area contributed by atoms with Crippen LogP contribution in [0.15, 0.2) is 73.3 Å². The van der Waals surface area contributed by atoms with Crippen LogP contribution in [0.1, 0.15) is 0 Å². The fraction of sp³-hybridized carbons (Fsp3) is 0.111. The SMILES string of the molecule is CN1NC=CN1c1cccc(Oc2cccc(N3C=CNN3C)c2)c1. The minimum atomic E-state index is 0.784. The largest absolute Gasteiger partial charge is 0.457 e. The van der Waals surface area contributed by atoms with Crippen LogP contribution in [-0.4, -0.2) is 24.3 Å². The van der Waals surface area contributed by atoms with Crippen LogP contribution in [0.5, 0.6) is 11.5 Å². The number of rotatable bonds is 4. The van der Waals surface area contributed by atoms with Crippen LogP contribution in [-0.2, 0) is 0 Å². The highest BCUT2D eigenvalue weighted by Gasteiger charge is 2.15. The molecule has 128 valence electrons. The first-order chi connectivity index (χ1) is 12.2. The average Bonchev–Trinajstić information content (AvgIpc) is 3.23. The minimum absolute atomic E-state index is 0.784. The van der Waals surface area contributed by atoms with Crippen molar-refractivity contribution in [2.45, 2.75) is 0 Å². The van der Waals surface area contributed by atoms with Crippen molar-refractivity contribution < 1.29 is 4.74 Å². The Morgan fingerprint density at radius 1 is 0.720 bits per heavy atom. The molecule has 0 unspecified atom stereocenters.